The van der Waals surface area contributed by atoms with Crippen LogP contribution in [0.4, 0.5) is 0 Å². The molecule has 164 valence electrons. The molecule has 4 aromatic carbocycles. The van der Waals surface area contributed by atoms with Crippen molar-refractivity contribution >= 4 is 33.1 Å². The molecular formula is C29H30ClOP. The van der Waals surface area contributed by atoms with E-state index in [2.05, 4.69) is 118 Å². The van der Waals surface area contributed by atoms with E-state index < -0.39 is 5.96 Å². The summed E-state index contributed by atoms with van der Waals surface area (Å²) in [5.74, 6) is -2.40. The van der Waals surface area contributed by atoms with Gasteiger partial charge in [0.15, 0.2) is 0 Å². The van der Waals surface area contributed by atoms with Gasteiger partial charge in [-0.3, -0.25) is 0 Å². The quantitative estimate of drug-likeness (QED) is 0.287. The van der Waals surface area contributed by atoms with E-state index in [4.69, 9.17) is 16.0 Å². The Morgan fingerprint density at radius 1 is 0.656 bits per heavy atom. The van der Waals surface area contributed by atoms with Crippen molar-refractivity contribution < 1.29 is 4.74 Å². The van der Waals surface area contributed by atoms with E-state index in [1.807, 2.05) is 0 Å². The zero-order valence-corrected chi connectivity index (χ0v) is 20.8. The number of hydrogen-bond donors (Lipinski definition) is 0. The summed E-state index contributed by atoms with van der Waals surface area (Å²) in [6.07, 6.45) is 0.739. The van der Waals surface area contributed by atoms with Crippen molar-refractivity contribution in [3.05, 3.63) is 119 Å². The normalized spacial score (nSPS) is 12.7. The van der Waals surface area contributed by atoms with Crippen molar-refractivity contribution in [2.75, 3.05) is 7.11 Å². The fourth-order valence-electron chi connectivity index (χ4n) is 4.88. The molecule has 0 fully saturated rings. The average Bonchev–Trinajstić information content (AvgIpc) is 2.84. The van der Waals surface area contributed by atoms with Gasteiger partial charge in [-0.2, -0.15) is 0 Å². The van der Waals surface area contributed by atoms with Gasteiger partial charge in [0.1, 0.15) is 0 Å². The van der Waals surface area contributed by atoms with Crippen LogP contribution in [-0.4, -0.2) is 7.11 Å². The van der Waals surface area contributed by atoms with Crippen LogP contribution in [0.25, 0.3) is 0 Å². The SMILES string of the molecule is COc1c(C)cc(CP(Cl)(c2ccccc2)(c2ccccc2)c2ccccc2)c(C)c1C. The molecule has 0 saturated heterocycles. The van der Waals surface area contributed by atoms with Crippen LogP contribution in [0.5, 0.6) is 5.75 Å². The Kier molecular flexibility index (Phi) is 6.17. The summed E-state index contributed by atoms with van der Waals surface area (Å²) in [4.78, 5) is 0. The van der Waals surface area contributed by atoms with Gasteiger partial charge in [-0.25, -0.2) is 0 Å². The Labute approximate surface area is 196 Å². The summed E-state index contributed by atoms with van der Waals surface area (Å²) in [6.45, 7) is 6.44. The van der Waals surface area contributed by atoms with Gasteiger partial charge in [-0.1, -0.05) is 0 Å². The predicted molar refractivity (Wildman–Crippen MR) is 142 cm³/mol. The molecule has 0 saturated carbocycles. The summed E-state index contributed by atoms with van der Waals surface area (Å²) in [5, 5.41) is 3.55. The monoisotopic (exact) mass is 460 g/mol. The first-order valence-corrected chi connectivity index (χ1v) is 14.3. The number of aryl methyl sites for hydroxylation is 1. The summed E-state index contributed by atoms with van der Waals surface area (Å²) < 4.78 is 5.70. The number of rotatable bonds is 6. The zero-order chi connectivity index (χ0) is 22.8. The number of benzene rings is 4. The second kappa shape index (κ2) is 8.74. The Morgan fingerprint density at radius 2 is 1.06 bits per heavy atom. The van der Waals surface area contributed by atoms with E-state index in [0.29, 0.717) is 0 Å². The molecule has 0 aromatic heterocycles. The molecule has 1 nitrogen and oxygen atoms in total. The van der Waals surface area contributed by atoms with Crippen LogP contribution >= 0.6 is 17.2 Å². The molecule has 0 radical (unpaired) electrons. The van der Waals surface area contributed by atoms with E-state index in [1.54, 1.807) is 7.11 Å². The molecule has 0 amide bonds. The van der Waals surface area contributed by atoms with Crippen LogP contribution in [0.1, 0.15) is 22.3 Å². The van der Waals surface area contributed by atoms with Crippen molar-refractivity contribution in [1.82, 2.24) is 0 Å². The van der Waals surface area contributed by atoms with Gasteiger partial charge in [0.25, 0.3) is 0 Å². The summed E-state index contributed by atoms with van der Waals surface area (Å²) >= 11 is 8.26. The summed E-state index contributed by atoms with van der Waals surface area (Å²) in [5.41, 5.74) is 4.83. The van der Waals surface area contributed by atoms with Crippen molar-refractivity contribution in [2.45, 2.75) is 26.9 Å². The predicted octanol–water partition coefficient (Wildman–Crippen LogP) is 6.80. The molecule has 0 heterocycles. The van der Waals surface area contributed by atoms with Gasteiger partial charge in [-0.05, 0) is 0 Å². The Morgan fingerprint density at radius 3 is 1.44 bits per heavy atom. The Hall–Kier alpha value is -2.60. The molecular weight excluding hydrogens is 431 g/mol. The first-order valence-electron chi connectivity index (χ1n) is 10.9. The van der Waals surface area contributed by atoms with Crippen LogP contribution in [-0.2, 0) is 6.16 Å². The third-order valence-electron chi connectivity index (χ3n) is 6.69. The average molecular weight is 461 g/mol. The Bertz CT molecular complexity index is 1120. The van der Waals surface area contributed by atoms with E-state index in [1.165, 1.54) is 32.6 Å². The number of ether oxygens (including phenoxy) is 1. The molecule has 4 rings (SSSR count). The molecule has 4 aromatic rings. The molecule has 0 aliphatic heterocycles. The van der Waals surface area contributed by atoms with Crippen molar-refractivity contribution in [1.29, 1.82) is 0 Å². The van der Waals surface area contributed by atoms with Crippen molar-refractivity contribution in [3.8, 4) is 5.75 Å². The minimum absolute atomic E-state index is 0.739. The molecule has 0 N–H and O–H groups in total. The standard InChI is InChI=1S/C29H30ClOP/c1-22-20-25(23(2)24(3)29(22)31-4)21-32(30,26-14-8-5-9-15-26,27-16-10-6-11-17-27)28-18-12-7-13-19-28/h5-20H,21H2,1-4H3. The van der Waals surface area contributed by atoms with E-state index in [0.717, 1.165) is 17.5 Å². The van der Waals surface area contributed by atoms with Crippen LogP contribution in [0.2, 0.25) is 0 Å². The van der Waals surface area contributed by atoms with Crippen LogP contribution in [0.15, 0.2) is 97.1 Å². The number of halogens is 1. The van der Waals surface area contributed by atoms with E-state index >= 15 is 0 Å². The van der Waals surface area contributed by atoms with E-state index in [-0.39, 0.29) is 0 Å². The fraction of sp³-hybridized carbons (Fsp3) is 0.172. The van der Waals surface area contributed by atoms with Crippen LogP contribution in [0, 0.1) is 20.8 Å². The summed E-state index contributed by atoms with van der Waals surface area (Å²) in [7, 11) is 1.74. The van der Waals surface area contributed by atoms with Crippen molar-refractivity contribution in [2.24, 2.45) is 0 Å². The maximum absolute atomic E-state index is 8.26. The van der Waals surface area contributed by atoms with Gasteiger partial charge in [0.05, 0.1) is 0 Å². The number of hydrogen-bond acceptors (Lipinski definition) is 1. The fourth-order valence-corrected chi connectivity index (χ4v) is 11.1. The maximum atomic E-state index is 8.26. The van der Waals surface area contributed by atoms with E-state index in [9.17, 15) is 0 Å². The molecule has 0 aliphatic carbocycles. The molecule has 0 aliphatic rings. The molecule has 0 bridgehead atoms. The molecule has 32 heavy (non-hydrogen) atoms. The van der Waals surface area contributed by atoms with Gasteiger partial charge < -0.3 is 0 Å². The Balaban J connectivity index is 2.10. The molecule has 3 heteroatoms. The second-order valence-electron chi connectivity index (χ2n) is 8.48. The first kappa shape index (κ1) is 22.6. The van der Waals surface area contributed by atoms with Gasteiger partial charge in [0.2, 0.25) is 0 Å². The van der Waals surface area contributed by atoms with Crippen molar-refractivity contribution in [3.63, 3.8) is 0 Å². The molecule has 0 spiro atoms. The van der Waals surface area contributed by atoms with Gasteiger partial charge >= 0.3 is 197 Å². The molecule has 0 atom stereocenters. The first-order chi connectivity index (χ1) is 15.4. The number of methoxy groups -OCH3 is 1. The second-order valence-corrected chi connectivity index (χ2v) is 15.0. The zero-order valence-electron chi connectivity index (χ0n) is 19.2. The minimum atomic E-state index is -3.36. The summed E-state index contributed by atoms with van der Waals surface area (Å²) in [6, 6.07) is 34.2. The van der Waals surface area contributed by atoms with Crippen LogP contribution < -0.4 is 20.7 Å². The van der Waals surface area contributed by atoms with Gasteiger partial charge in [-0.15, -0.1) is 0 Å². The molecule has 0 unspecified atom stereocenters. The van der Waals surface area contributed by atoms with Gasteiger partial charge in [0, 0.05) is 0 Å². The third-order valence-corrected chi connectivity index (χ3v) is 13.9. The van der Waals surface area contributed by atoms with Crippen LogP contribution in [0.3, 0.4) is 0 Å². The third kappa shape index (κ3) is 3.54. The topological polar surface area (TPSA) is 9.23 Å².